The van der Waals surface area contributed by atoms with E-state index in [9.17, 15) is 5.11 Å². The largest absolute Gasteiger partial charge is 0.387 e. The predicted octanol–water partition coefficient (Wildman–Crippen LogP) is 0.0705. The van der Waals surface area contributed by atoms with Crippen molar-refractivity contribution in [2.24, 2.45) is 5.92 Å². The van der Waals surface area contributed by atoms with E-state index in [0.29, 0.717) is 5.92 Å². The average Bonchev–Trinajstić information content (AvgIpc) is 1.82. The first kappa shape index (κ1) is 10.0. The highest BCUT2D eigenvalue weighted by Gasteiger charge is 2.33. The molecular formula is C10H22NO+. The molecule has 1 fully saturated rings. The molecule has 3 atom stereocenters. The molecule has 12 heavy (non-hydrogen) atoms. The summed E-state index contributed by atoms with van der Waals surface area (Å²) in [5, 5.41) is 9.59. The van der Waals surface area contributed by atoms with Gasteiger partial charge in [0.1, 0.15) is 12.6 Å². The monoisotopic (exact) mass is 172 g/mol. The van der Waals surface area contributed by atoms with Gasteiger partial charge in [0, 0.05) is 5.92 Å². The zero-order chi connectivity index (χ0) is 9.35. The molecular weight excluding hydrogens is 150 g/mol. The summed E-state index contributed by atoms with van der Waals surface area (Å²) in [4.78, 5) is 1.54. The van der Waals surface area contributed by atoms with Crippen LogP contribution in [-0.2, 0) is 0 Å². The third-order valence-electron chi connectivity index (χ3n) is 2.81. The van der Waals surface area contributed by atoms with Crippen molar-refractivity contribution in [2.75, 3.05) is 13.1 Å². The molecule has 1 aliphatic rings. The Balaban J connectivity index is 2.55. The van der Waals surface area contributed by atoms with Crippen LogP contribution in [0.4, 0.5) is 0 Å². The molecule has 72 valence electrons. The van der Waals surface area contributed by atoms with Gasteiger partial charge in [0.05, 0.1) is 12.1 Å². The molecule has 1 aliphatic heterocycles. The van der Waals surface area contributed by atoms with Crippen molar-refractivity contribution >= 4 is 0 Å². The Kier molecular flexibility index (Phi) is 2.79. The third kappa shape index (κ3) is 2.46. The van der Waals surface area contributed by atoms with Gasteiger partial charge in [-0.2, -0.15) is 0 Å². The SMILES string of the molecule is C[C@@H]1C[C@H](O)C[NH+](C(C)(C)C)C1. The number of nitrogens with one attached hydrogen (secondary N) is 1. The van der Waals surface area contributed by atoms with Crippen molar-refractivity contribution in [1.29, 1.82) is 0 Å². The van der Waals surface area contributed by atoms with Gasteiger partial charge < -0.3 is 10.0 Å². The molecule has 1 rings (SSSR count). The quantitative estimate of drug-likeness (QED) is 0.531. The van der Waals surface area contributed by atoms with Gasteiger partial charge in [-0.05, 0) is 27.2 Å². The molecule has 0 spiro atoms. The van der Waals surface area contributed by atoms with E-state index in [1.54, 1.807) is 0 Å². The zero-order valence-corrected chi connectivity index (χ0v) is 8.72. The number of likely N-dealkylation sites (tertiary alicyclic amines) is 1. The summed E-state index contributed by atoms with van der Waals surface area (Å²) in [5.74, 6) is 0.669. The second kappa shape index (κ2) is 3.35. The number of hydrogen-bond acceptors (Lipinski definition) is 1. The zero-order valence-electron chi connectivity index (χ0n) is 8.72. The van der Waals surface area contributed by atoms with Crippen LogP contribution in [-0.4, -0.2) is 29.8 Å². The molecule has 1 saturated heterocycles. The Morgan fingerprint density at radius 3 is 2.25 bits per heavy atom. The highest BCUT2D eigenvalue weighted by atomic mass is 16.3. The molecule has 0 radical (unpaired) electrons. The first-order chi connectivity index (χ1) is 5.39. The van der Waals surface area contributed by atoms with E-state index in [-0.39, 0.29) is 11.6 Å². The summed E-state index contributed by atoms with van der Waals surface area (Å²) in [5.41, 5.74) is 0.287. The maximum Gasteiger partial charge on any atom is 0.104 e. The van der Waals surface area contributed by atoms with E-state index in [2.05, 4.69) is 27.7 Å². The van der Waals surface area contributed by atoms with E-state index in [4.69, 9.17) is 0 Å². The Morgan fingerprint density at radius 1 is 1.25 bits per heavy atom. The van der Waals surface area contributed by atoms with Crippen molar-refractivity contribution < 1.29 is 10.0 Å². The molecule has 1 unspecified atom stereocenters. The lowest BCUT2D eigenvalue weighted by Crippen LogP contribution is -3.21. The summed E-state index contributed by atoms with van der Waals surface area (Å²) in [6, 6.07) is 0. The van der Waals surface area contributed by atoms with Crippen LogP contribution in [0.2, 0.25) is 0 Å². The topological polar surface area (TPSA) is 24.7 Å². The van der Waals surface area contributed by atoms with E-state index < -0.39 is 0 Å². The van der Waals surface area contributed by atoms with Crippen LogP contribution >= 0.6 is 0 Å². The second-order valence-corrected chi connectivity index (χ2v) is 5.26. The average molecular weight is 172 g/mol. The van der Waals surface area contributed by atoms with Crippen molar-refractivity contribution in [3.05, 3.63) is 0 Å². The number of rotatable bonds is 0. The minimum Gasteiger partial charge on any atom is -0.387 e. The van der Waals surface area contributed by atoms with E-state index in [0.717, 1.165) is 13.0 Å². The van der Waals surface area contributed by atoms with Crippen LogP contribution in [0, 0.1) is 5.92 Å². The predicted molar refractivity (Wildman–Crippen MR) is 50.2 cm³/mol. The van der Waals surface area contributed by atoms with Gasteiger partial charge in [-0.15, -0.1) is 0 Å². The minimum absolute atomic E-state index is 0.0806. The van der Waals surface area contributed by atoms with E-state index in [1.807, 2.05) is 0 Å². The summed E-state index contributed by atoms with van der Waals surface area (Å²) in [6.07, 6.45) is 0.905. The fourth-order valence-electron chi connectivity index (χ4n) is 2.03. The molecule has 0 aromatic carbocycles. The smallest absolute Gasteiger partial charge is 0.104 e. The van der Waals surface area contributed by atoms with Crippen molar-refractivity contribution in [3.63, 3.8) is 0 Å². The normalized spacial score (nSPS) is 38.2. The molecule has 1 heterocycles. The minimum atomic E-state index is -0.0806. The third-order valence-corrected chi connectivity index (χ3v) is 2.81. The fourth-order valence-corrected chi connectivity index (χ4v) is 2.03. The fraction of sp³-hybridized carbons (Fsp3) is 1.00. The van der Waals surface area contributed by atoms with Crippen LogP contribution in [0.1, 0.15) is 34.1 Å². The number of aliphatic hydroxyl groups is 1. The summed E-state index contributed by atoms with van der Waals surface area (Å²) >= 11 is 0. The van der Waals surface area contributed by atoms with Crippen LogP contribution in [0.15, 0.2) is 0 Å². The van der Waals surface area contributed by atoms with E-state index >= 15 is 0 Å². The van der Waals surface area contributed by atoms with Crippen molar-refractivity contribution in [2.45, 2.75) is 45.8 Å². The second-order valence-electron chi connectivity index (χ2n) is 5.26. The Bertz CT molecular complexity index is 140. The number of hydrogen-bond donors (Lipinski definition) is 2. The van der Waals surface area contributed by atoms with Gasteiger partial charge in [0.15, 0.2) is 0 Å². The first-order valence-corrected chi connectivity index (χ1v) is 4.93. The van der Waals surface area contributed by atoms with Gasteiger partial charge in [-0.3, -0.25) is 0 Å². The van der Waals surface area contributed by atoms with Crippen LogP contribution < -0.4 is 4.90 Å². The highest BCUT2D eigenvalue weighted by Crippen LogP contribution is 2.08. The van der Waals surface area contributed by atoms with Gasteiger partial charge in [0.25, 0.3) is 0 Å². The van der Waals surface area contributed by atoms with Gasteiger partial charge >= 0.3 is 0 Å². The lowest BCUT2D eigenvalue weighted by Gasteiger charge is -2.39. The Morgan fingerprint density at radius 2 is 1.83 bits per heavy atom. The molecule has 2 N–H and O–H groups in total. The molecule has 2 nitrogen and oxygen atoms in total. The van der Waals surface area contributed by atoms with Crippen LogP contribution in [0.25, 0.3) is 0 Å². The van der Waals surface area contributed by atoms with Gasteiger partial charge in [-0.25, -0.2) is 0 Å². The lowest BCUT2D eigenvalue weighted by molar-refractivity contribution is -0.957. The maximum absolute atomic E-state index is 9.59. The van der Waals surface area contributed by atoms with Crippen molar-refractivity contribution in [1.82, 2.24) is 0 Å². The summed E-state index contributed by atoms with van der Waals surface area (Å²) in [6.45, 7) is 11.1. The highest BCUT2D eigenvalue weighted by molar-refractivity contribution is 4.68. The molecule has 0 aromatic heterocycles. The standard InChI is InChI=1S/C10H21NO/c1-8-5-9(12)7-11(6-8)10(2,3)4/h8-9,12H,5-7H2,1-4H3/p+1/t8-,9+/m1/s1. The molecule has 0 amide bonds. The summed E-state index contributed by atoms with van der Waals surface area (Å²) < 4.78 is 0. The first-order valence-electron chi connectivity index (χ1n) is 4.93. The number of quaternary nitrogens is 1. The van der Waals surface area contributed by atoms with Crippen LogP contribution in [0.5, 0.6) is 0 Å². The Hall–Kier alpha value is -0.0800. The number of piperidine rings is 1. The van der Waals surface area contributed by atoms with Gasteiger partial charge in [-0.1, -0.05) is 6.92 Å². The molecule has 0 aliphatic carbocycles. The van der Waals surface area contributed by atoms with Gasteiger partial charge in [0.2, 0.25) is 0 Å². The van der Waals surface area contributed by atoms with E-state index in [1.165, 1.54) is 11.4 Å². The number of aliphatic hydroxyl groups excluding tert-OH is 1. The molecule has 0 aromatic rings. The van der Waals surface area contributed by atoms with Crippen LogP contribution in [0.3, 0.4) is 0 Å². The Labute approximate surface area is 75.6 Å². The molecule has 0 saturated carbocycles. The molecule has 0 bridgehead atoms. The summed E-state index contributed by atoms with van der Waals surface area (Å²) in [7, 11) is 0. The lowest BCUT2D eigenvalue weighted by atomic mass is 9.93. The van der Waals surface area contributed by atoms with Crippen molar-refractivity contribution in [3.8, 4) is 0 Å². The molecule has 2 heteroatoms. The maximum atomic E-state index is 9.59.